The van der Waals surface area contributed by atoms with Crippen LogP contribution in [0.4, 0.5) is 0 Å². The molecule has 2 nitrogen and oxygen atoms in total. The molecule has 0 aliphatic carbocycles. The number of hydrogen-bond donors (Lipinski definition) is 1. The zero-order chi connectivity index (χ0) is 11.4. The molecule has 0 saturated carbocycles. The van der Waals surface area contributed by atoms with Crippen LogP contribution in [0.3, 0.4) is 0 Å². The Morgan fingerprint density at radius 3 is 2.53 bits per heavy atom. The van der Waals surface area contributed by atoms with E-state index in [2.05, 4.69) is 32.7 Å². The van der Waals surface area contributed by atoms with E-state index in [9.17, 15) is 0 Å². The van der Waals surface area contributed by atoms with Crippen LogP contribution in [0.15, 0.2) is 0 Å². The molecule has 0 aliphatic rings. The Morgan fingerprint density at radius 1 is 1.33 bits per heavy atom. The minimum Gasteiger partial charge on any atom is -0.330 e. The van der Waals surface area contributed by atoms with Crippen molar-refractivity contribution in [1.29, 1.82) is 0 Å². The number of nitrogens with zero attached hydrogens (tertiary/aromatic N) is 1. The van der Waals surface area contributed by atoms with Crippen LogP contribution in [0, 0.1) is 12.8 Å². The molecule has 0 radical (unpaired) electrons. The molecule has 15 heavy (non-hydrogen) atoms. The van der Waals surface area contributed by atoms with Crippen molar-refractivity contribution in [1.82, 2.24) is 4.98 Å². The van der Waals surface area contributed by atoms with E-state index in [1.54, 1.807) is 0 Å². The first-order chi connectivity index (χ1) is 7.04. The fraction of sp³-hybridized carbons (Fsp3) is 0.750. The number of nitrogens with two attached hydrogens (primary N) is 1. The average Bonchev–Trinajstić information content (AvgIpc) is 2.46. The fourth-order valence-electron chi connectivity index (χ4n) is 1.74. The maximum atomic E-state index is 5.59. The summed E-state index contributed by atoms with van der Waals surface area (Å²) in [6.45, 7) is 9.59. The number of thiazole rings is 1. The van der Waals surface area contributed by atoms with Crippen LogP contribution in [0.1, 0.15) is 48.7 Å². The lowest BCUT2D eigenvalue weighted by Gasteiger charge is -2.07. The maximum absolute atomic E-state index is 5.59. The van der Waals surface area contributed by atoms with Gasteiger partial charge in [0, 0.05) is 11.3 Å². The first-order valence-corrected chi connectivity index (χ1v) is 6.52. The van der Waals surface area contributed by atoms with Crippen molar-refractivity contribution in [2.75, 3.05) is 6.54 Å². The van der Waals surface area contributed by atoms with Gasteiger partial charge < -0.3 is 5.73 Å². The second kappa shape index (κ2) is 5.61. The van der Waals surface area contributed by atoms with Gasteiger partial charge in [0.25, 0.3) is 0 Å². The molecule has 0 aromatic carbocycles. The standard InChI is InChI=1S/C12H22N2S/c1-8(2)7-11-14-10(4)12(15-11)9(3)5-6-13/h8-9H,5-7,13H2,1-4H3. The number of hydrogen-bond acceptors (Lipinski definition) is 3. The number of aromatic nitrogens is 1. The second-order valence-corrected chi connectivity index (χ2v) is 5.75. The van der Waals surface area contributed by atoms with Gasteiger partial charge in [0.15, 0.2) is 0 Å². The highest BCUT2D eigenvalue weighted by Gasteiger charge is 2.14. The quantitative estimate of drug-likeness (QED) is 0.838. The van der Waals surface area contributed by atoms with E-state index in [4.69, 9.17) is 5.73 Å². The van der Waals surface area contributed by atoms with Gasteiger partial charge in [-0.25, -0.2) is 4.98 Å². The molecule has 0 saturated heterocycles. The minimum absolute atomic E-state index is 0.563. The Bertz CT molecular complexity index is 305. The number of rotatable bonds is 5. The summed E-state index contributed by atoms with van der Waals surface area (Å²) in [5.41, 5.74) is 6.79. The lowest BCUT2D eigenvalue weighted by Crippen LogP contribution is -2.04. The average molecular weight is 226 g/mol. The molecule has 0 fully saturated rings. The van der Waals surface area contributed by atoms with Crippen molar-refractivity contribution in [3.63, 3.8) is 0 Å². The Kier molecular flexibility index (Phi) is 4.74. The van der Waals surface area contributed by atoms with Crippen LogP contribution in [0.25, 0.3) is 0 Å². The first-order valence-electron chi connectivity index (χ1n) is 5.70. The predicted octanol–water partition coefficient (Wildman–Crippen LogP) is 3.10. The van der Waals surface area contributed by atoms with Gasteiger partial charge in [-0.2, -0.15) is 0 Å². The van der Waals surface area contributed by atoms with Gasteiger partial charge >= 0.3 is 0 Å². The molecule has 2 N–H and O–H groups in total. The molecule has 1 heterocycles. The van der Waals surface area contributed by atoms with E-state index in [-0.39, 0.29) is 0 Å². The van der Waals surface area contributed by atoms with Gasteiger partial charge in [0.2, 0.25) is 0 Å². The van der Waals surface area contributed by atoms with Crippen molar-refractivity contribution in [2.45, 2.75) is 46.5 Å². The molecular weight excluding hydrogens is 204 g/mol. The molecule has 1 unspecified atom stereocenters. The molecule has 1 aromatic heterocycles. The summed E-state index contributed by atoms with van der Waals surface area (Å²) in [6.07, 6.45) is 2.16. The molecule has 0 aliphatic heterocycles. The zero-order valence-corrected chi connectivity index (χ0v) is 11.0. The lowest BCUT2D eigenvalue weighted by atomic mass is 10.1. The molecule has 0 spiro atoms. The van der Waals surface area contributed by atoms with Gasteiger partial charge in [-0.15, -0.1) is 11.3 Å². The number of aryl methyl sites for hydroxylation is 1. The van der Waals surface area contributed by atoms with Crippen molar-refractivity contribution < 1.29 is 0 Å². The lowest BCUT2D eigenvalue weighted by molar-refractivity contribution is 0.643. The normalized spacial score (nSPS) is 13.5. The van der Waals surface area contributed by atoms with Crippen LogP contribution in [-0.4, -0.2) is 11.5 Å². The molecule has 1 aromatic rings. The van der Waals surface area contributed by atoms with Gasteiger partial charge in [-0.3, -0.25) is 0 Å². The molecular formula is C12H22N2S. The minimum atomic E-state index is 0.563. The summed E-state index contributed by atoms with van der Waals surface area (Å²) < 4.78 is 0. The van der Waals surface area contributed by atoms with E-state index in [1.807, 2.05) is 11.3 Å². The molecule has 1 rings (SSSR count). The molecule has 3 heteroatoms. The van der Waals surface area contributed by atoms with Crippen LogP contribution in [0.2, 0.25) is 0 Å². The van der Waals surface area contributed by atoms with Crippen molar-refractivity contribution in [2.24, 2.45) is 11.7 Å². The van der Waals surface area contributed by atoms with E-state index in [0.29, 0.717) is 11.8 Å². The fourth-order valence-corrected chi connectivity index (χ4v) is 3.11. The summed E-state index contributed by atoms with van der Waals surface area (Å²) >= 11 is 1.87. The van der Waals surface area contributed by atoms with Gasteiger partial charge in [-0.1, -0.05) is 20.8 Å². The Hall–Kier alpha value is -0.410. The monoisotopic (exact) mass is 226 g/mol. The Labute approximate surface area is 96.9 Å². The summed E-state index contributed by atoms with van der Waals surface area (Å²) in [5, 5.41) is 1.28. The largest absolute Gasteiger partial charge is 0.330 e. The Balaban J connectivity index is 2.76. The van der Waals surface area contributed by atoms with Crippen molar-refractivity contribution in [3.8, 4) is 0 Å². The molecule has 0 amide bonds. The third kappa shape index (κ3) is 3.58. The van der Waals surface area contributed by atoms with E-state index in [1.165, 1.54) is 15.6 Å². The summed E-state index contributed by atoms with van der Waals surface area (Å²) in [7, 11) is 0. The molecule has 0 bridgehead atoms. The summed E-state index contributed by atoms with van der Waals surface area (Å²) in [6, 6.07) is 0. The first kappa shape index (κ1) is 12.7. The van der Waals surface area contributed by atoms with Crippen molar-refractivity contribution in [3.05, 3.63) is 15.6 Å². The van der Waals surface area contributed by atoms with E-state index in [0.717, 1.165) is 19.4 Å². The van der Waals surface area contributed by atoms with Gasteiger partial charge in [-0.05, 0) is 31.7 Å². The summed E-state index contributed by atoms with van der Waals surface area (Å²) in [4.78, 5) is 6.06. The van der Waals surface area contributed by atoms with Crippen molar-refractivity contribution >= 4 is 11.3 Å². The van der Waals surface area contributed by atoms with Crippen LogP contribution in [-0.2, 0) is 6.42 Å². The Morgan fingerprint density at radius 2 is 2.00 bits per heavy atom. The third-order valence-electron chi connectivity index (χ3n) is 2.51. The highest BCUT2D eigenvalue weighted by Crippen LogP contribution is 2.29. The maximum Gasteiger partial charge on any atom is 0.0933 e. The third-order valence-corrected chi connectivity index (χ3v) is 3.92. The topological polar surface area (TPSA) is 38.9 Å². The SMILES string of the molecule is Cc1nc(CC(C)C)sc1C(C)CCN. The van der Waals surface area contributed by atoms with Gasteiger partial charge in [0.05, 0.1) is 10.7 Å². The molecule has 1 atom stereocenters. The van der Waals surface area contributed by atoms with Crippen LogP contribution < -0.4 is 5.73 Å². The smallest absolute Gasteiger partial charge is 0.0933 e. The highest BCUT2D eigenvalue weighted by atomic mass is 32.1. The van der Waals surface area contributed by atoms with Crippen LogP contribution >= 0.6 is 11.3 Å². The second-order valence-electron chi connectivity index (χ2n) is 4.63. The summed E-state index contributed by atoms with van der Waals surface area (Å²) in [5.74, 6) is 1.25. The highest BCUT2D eigenvalue weighted by molar-refractivity contribution is 7.11. The van der Waals surface area contributed by atoms with E-state index >= 15 is 0 Å². The van der Waals surface area contributed by atoms with E-state index < -0.39 is 0 Å². The zero-order valence-electron chi connectivity index (χ0n) is 10.2. The van der Waals surface area contributed by atoms with Gasteiger partial charge in [0.1, 0.15) is 0 Å². The molecule has 86 valence electrons. The van der Waals surface area contributed by atoms with Crippen LogP contribution in [0.5, 0.6) is 0 Å². The predicted molar refractivity (Wildman–Crippen MR) is 67.5 cm³/mol.